The summed E-state index contributed by atoms with van der Waals surface area (Å²) >= 11 is 0. The Morgan fingerprint density at radius 1 is 0.500 bits per heavy atom. The molecule has 0 amide bonds. The number of nitrogens with zero attached hydrogens (tertiary/aromatic N) is 2. The van der Waals surface area contributed by atoms with Crippen LogP contribution in [0.4, 0.5) is 0 Å². The second-order valence-corrected chi connectivity index (χ2v) is 10.4. The maximum absolute atomic E-state index is 6.25. The van der Waals surface area contributed by atoms with Gasteiger partial charge < -0.3 is 8.98 Å². The first-order valence-electron chi connectivity index (χ1n) is 13.6. The third kappa shape index (κ3) is 2.92. The van der Waals surface area contributed by atoms with Gasteiger partial charge in [-0.1, -0.05) is 72.8 Å². The standard InChI is InChI=1S/C37H22N2O/c1-2-10-24(11-3-1)39-32-16-6-4-13-28(32)36-26(14-8-17-33(36)39)31-21-23-20-30-25-12-5-7-18-34(25)40-35(30)22-29(23)27-15-9-19-38-37(27)31/h1-22H. The zero-order chi connectivity index (χ0) is 26.2. The van der Waals surface area contributed by atoms with E-state index in [2.05, 4.69) is 114 Å². The van der Waals surface area contributed by atoms with Gasteiger partial charge in [0.25, 0.3) is 0 Å². The summed E-state index contributed by atoms with van der Waals surface area (Å²) in [6, 6.07) is 45.2. The van der Waals surface area contributed by atoms with Crippen LogP contribution in [0.3, 0.4) is 0 Å². The second-order valence-electron chi connectivity index (χ2n) is 10.4. The van der Waals surface area contributed by atoms with Crippen LogP contribution in [0.25, 0.3) is 82.2 Å². The third-order valence-electron chi connectivity index (χ3n) is 8.20. The molecule has 0 spiro atoms. The van der Waals surface area contributed by atoms with Crippen LogP contribution in [-0.2, 0) is 0 Å². The fourth-order valence-electron chi connectivity index (χ4n) is 6.51. The normalized spacial score (nSPS) is 12.0. The van der Waals surface area contributed by atoms with E-state index >= 15 is 0 Å². The molecule has 0 unspecified atom stereocenters. The number of para-hydroxylation sites is 3. The van der Waals surface area contributed by atoms with E-state index in [4.69, 9.17) is 9.40 Å². The molecule has 9 rings (SSSR count). The van der Waals surface area contributed by atoms with Gasteiger partial charge in [-0.2, -0.15) is 0 Å². The maximum atomic E-state index is 6.25. The highest BCUT2D eigenvalue weighted by atomic mass is 16.3. The van der Waals surface area contributed by atoms with Crippen molar-refractivity contribution in [2.24, 2.45) is 0 Å². The zero-order valence-corrected chi connectivity index (χ0v) is 21.5. The Kier molecular flexibility index (Phi) is 4.33. The van der Waals surface area contributed by atoms with Crippen molar-refractivity contribution in [3.05, 3.63) is 134 Å². The van der Waals surface area contributed by atoms with Crippen molar-refractivity contribution in [2.45, 2.75) is 0 Å². The predicted molar refractivity (Wildman–Crippen MR) is 166 cm³/mol. The molecule has 6 aromatic carbocycles. The summed E-state index contributed by atoms with van der Waals surface area (Å²) < 4.78 is 8.62. The summed E-state index contributed by atoms with van der Waals surface area (Å²) in [7, 11) is 0. The molecular weight excluding hydrogens is 488 g/mol. The van der Waals surface area contributed by atoms with Gasteiger partial charge in [0.05, 0.1) is 16.6 Å². The summed E-state index contributed by atoms with van der Waals surface area (Å²) in [6.07, 6.45) is 1.89. The van der Waals surface area contributed by atoms with Gasteiger partial charge in [0, 0.05) is 44.4 Å². The molecular formula is C37H22N2O. The summed E-state index contributed by atoms with van der Waals surface area (Å²) in [6.45, 7) is 0. The van der Waals surface area contributed by atoms with E-state index in [9.17, 15) is 0 Å². The minimum Gasteiger partial charge on any atom is -0.456 e. The van der Waals surface area contributed by atoms with Gasteiger partial charge in [-0.15, -0.1) is 0 Å². The van der Waals surface area contributed by atoms with Crippen LogP contribution in [0.1, 0.15) is 0 Å². The topological polar surface area (TPSA) is 31.0 Å². The minimum atomic E-state index is 0.902. The Morgan fingerprint density at radius 3 is 2.20 bits per heavy atom. The number of furan rings is 1. The molecule has 3 aromatic heterocycles. The van der Waals surface area contributed by atoms with Gasteiger partial charge in [0.1, 0.15) is 11.2 Å². The van der Waals surface area contributed by atoms with Crippen molar-refractivity contribution in [3.63, 3.8) is 0 Å². The lowest BCUT2D eigenvalue weighted by Crippen LogP contribution is -1.93. The van der Waals surface area contributed by atoms with Crippen LogP contribution in [0.2, 0.25) is 0 Å². The Labute approximate surface area is 229 Å². The van der Waals surface area contributed by atoms with Crippen LogP contribution < -0.4 is 0 Å². The van der Waals surface area contributed by atoms with Crippen LogP contribution in [0.5, 0.6) is 0 Å². The molecule has 0 bridgehead atoms. The van der Waals surface area contributed by atoms with Crippen molar-refractivity contribution in [3.8, 4) is 16.8 Å². The van der Waals surface area contributed by atoms with Gasteiger partial charge in [0.2, 0.25) is 0 Å². The Hall–Kier alpha value is -5.41. The highest BCUT2D eigenvalue weighted by molar-refractivity contribution is 6.22. The average molecular weight is 511 g/mol. The quantitative estimate of drug-likeness (QED) is 0.217. The van der Waals surface area contributed by atoms with Crippen LogP contribution in [0.15, 0.2) is 138 Å². The molecule has 3 heteroatoms. The van der Waals surface area contributed by atoms with E-state index in [1.807, 2.05) is 24.4 Å². The SMILES string of the molecule is c1ccc(-n2c3ccccc3c3c(-c4cc5cc6c(cc5c5cccnc45)oc4ccccc46)cccc32)cc1. The van der Waals surface area contributed by atoms with Crippen molar-refractivity contribution in [2.75, 3.05) is 0 Å². The lowest BCUT2D eigenvalue weighted by molar-refractivity contribution is 0.669. The molecule has 40 heavy (non-hydrogen) atoms. The number of hydrogen-bond donors (Lipinski definition) is 0. The number of aromatic nitrogens is 2. The lowest BCUT2D eigenvalue weighted by atomic mass is 9.93. The van der Waals surface area contributed by atoms with Crippen molar-refractivity contribution in [1.82, 2.24) is 9.55 Å². The third-order valence-corrected chi connectivity index (χ3v) is 8.20. The fraction of sp³-hybridized carbons (Fsp3) is 0. The van der Waals surface area contributed by atoms with Gasteiger partial charge in [-0.25, -0.2) is 0 Å². The first kappa shape index (κ1) is 21.5. The van der Waals surface area contributed by atoms with Crippen molar-refractivity contribution >= 4 is 65.4 Å². The Balaban J connectivity index is 1.43. The molecule has 0 saturated carbocycles. The number of pyridine rings is 1. The molecule has 0 aliphatic carbocycles. The van der Waals surface area contributed by atoms with E-state index in [0.29, 0.717) is 0 Å². The van der Waals surface area contributed by atoms with Crippen molar-refractivity contribution in [1.29, 1.82) is 0 Å². The van der Waals surface area contributed by atoms with E-state index in [-0.39, 0.29) is 0 Å². The van der Waals surface area contributed by atoms with Crippen LogP contribution in [0, 0.1) is 0 Å². The zero-order valence-electron chi connectivity index (χ0n) is 21.5. The molecule has 186 valence electrons. The Morgan fingerprint density at radius 2 is 1.27 bits per heavy atom. The largest absolute Gasteiger partial charge is 0.456 e. The highest BCUT2D eigenvalue weighted by Gasteiger charge is 2.19. The van der Waals surface area contributed by atoms with E-state index in [1.165, 1.54) is 32.8 Å². The van der Waals surface area contributed by atoms with E-state index in [1.54, 1.807) is 0 Å². The number of benzene rings is 6. The average Bonchev–Trinajstić information content (AvgIpc) is 3.55. The monoisotopic (exact) mass is 510 g/mol. The van der Waals surface area contributed by atoms with Crippen LogP contribution in [-0.4, -0.2) is 9.55 Å². The van der Waals surface area contributed by atoms with Gasteiger partial charge in [0.15, 0.2) is 0 Å². The van der Waals surface area contributed by atoms with Gasteiger partial charge >= 0.3 is 0 Å². The number of hydrogen-bond acceptors (Lipinski definition) is 2. The molecule has 0 fully saturated rings. The molecule has 0 aliphatic heterocycles. The molecule has 0 saturated heterocycles. The first-order valence-corrected chi connectivity index (χ1v) is 13.6. The van der Waals surface area contributed by atoms with Crippen molar-refractivity contribution < 1.29 is 4.42 Å². The van der Waals surface area contributed by atoms with E-state index < -0.39 is 0 Å². The smallest absolute Gasteiger partial charge is 0.136 e. The molecule has 0 N–H and O–H groups in total. The van der Waals surface area contributed by atoms with E-state index in [0.717, 1.165) is 49.5 Å². The first-order chi connectivity index (χ1) is 19.8. The Bertz CT molecular complexity index is 2430. The molecule has 0 radical (unpaired) electrons. The summed E-state index contributed by atoms with van der Waals surface area (Å²) in [5.74, 6) is 0. The number of rotatable bonds is 2. The summed E-state index contributed by atoms with van der Waals surface area (Å²) in [4.78, 5) is 4.94. The molecule has 0 aliphatic rings. The van der Waals surface area contributed by atoms with Crippen LogP contribution >= 0.6 is 0 Å². The molecule has 3 nitrogen and oxygen atoms in total. The molecule has 0 atom stereocenters. The lowest BCUT2D eigenvalue weighted by Gasteiger charge is -2.12. The number of fused-ring (bicyclic) bond motifs is 9. The molecule has 3 heterocycles. The van der Waals surface area contributed by atoms with Gasteiger partial charge in [-0.05, 0) is 70.9 Å². The molecule has 9 aromatic rings. The highest BCUT2D eigenvalue weighted by Crippen LogP contribution is 2.43. The summed E-state index contributed by atoms with van der Waals surface area (Å²) in [5, 5.41) is 8.20. The second kappa shape index (κ2) is 8.05. The summed E-state index contributed by atoms with van der Waals surface area (Å²) in [5.41, 5.74) is 8.67. The maximum Gasteiger partial charge on any atom is 0.136 e. The predicted octanol–water partition coefficient (Wildman–Crippen LogP) is 10.1. The fourth-order valence-corrected chi connectivity index (χ4v) is 6.51. The minimum absolute atomic E-state index is 0.902. The van der Waals surface area contributed by atoms with Gasteiger partial charge in [-0.3, -0.25) is 4.98 Å².